The van der Waals surface area contributed by atoms with Crippen LogP contribution in [-0.4, -0.2) is 35.6 Å². The fourth-order valence-electron chi connectivity index (χ4n) is 1.17. The molecule has 16 heavy (non-hydrogen) atoms. The van der Waals surface area contributed by atoms with Gasteiger partial charge in [0, 0.05) is 6.54 Å². The van der Waals surface area contributed by atoms with Crippen molar-refractivity contribution in [3.05, 3.63) is 0 Å². The number of aliphatic carboxylic acids is 1. The minimum atomic E-state index is -1.28. The zero-order chi connectivity index (χ0) is 12.1. The zero-order valence-electron chi connectivity index (χ0n) is 8.73. The van der Waals surface area contributed by atoms with Crippen LogP contribution in [0.3, 0.4) is 0 Å². The molecule has 0 aliphatic heterocycles. The van der Waals surface area contributed by atoms with Crippen LogP contribution in [0.25, 0.3) is 0 Å². The van der Waals surface area contributed by atoms with Gasteiger partial charge in [0.15, 0.2) is 0 Å². The molecule has 0 heterocycles. The molecule has 7 nitrogen and oxygen atoms in total. The van der Waals surface area contributed by atoms with Gasteiger partial charge in [-0.3, -0.25) is 4.79 Å². The summed E-state index contributed by atoms with van der Waals surface area (Å²) in [4.78, 5) is 32.5. The minimum absolute atomic E-state index is 0.411. The third-order valence-electron chi connectivity index (χ3n) is 2.26. The van der Waals surface area contributed by atoms with Crippen molar-refractivity contribution in [2.75, 3.05) is 6.54 Å². The van der Waals surface area contributed by atoms with Crippen molar-refractivity contribution >= 4 is 17.9 Å². The highest BCUT2D eigenvalue weighted by Gasteiger charge is 2.24. The van der Waals surface area contributed by atoms with Crippen LogP contribution >= 0.6 is 0 Å². The summed E-state index contributed by atoms with van der Waals surface area (Å²) < 4.78 is 0. The van der Waals surface area contributed by atoms with E-state index in [-0.39, 0.29) is 0 Å². The number of carboxylic acid groups (broad SMARTS) is 1. The van der Waals surface area contributed by atoms with E-state index in [0.717, 1.165) is 12.8 Å². The molecule has 0 spiro atoms. The predicted octanol–water partition coefficient (Wildman–Crippen LogP) is -0.976. The van der Waals surface area contributed by atoms with Gasteiger partial charge in [0.05, 0.1) is 6.42 Å². The standard InChI is InChI=1S/C9H15N3O4/c10-7(13)3-6(8(14)15)12-9(16)11-4-5-1-2-5/h5-6H,1-4H2,(H2,10,13)(H,14,15)(H2,11,12,16)/t6-/m0/s1. The van der Waals surface area contributed by atoms with Crippen molar-refractivity contribution in [3.8, 4) is 0 Å². The maximum Gasteiger partial charge on any atom is 0.326 e. The molecule has 1 atom stereocenters. The first-order chi connectivity index (χ1) is 7.49. The molecular formula is C9H15N3O4. The number of hydrogen-bond acceptors (Lipinski definition) is 3. The third-order valence-corrected chi connectivity index (χ3v) is 2.26. The summed E-state index contributed by atoms with van der Waals surface area (Å²) in [5.41, 5.74) is 4.87. The lowest BCUT2D eigenvalue weighted by molar-refractivity contribution is -0.140. The molecule has 0 saturated heterocycles. The summed E-state index contributed by atoms with van der Waals surface area (Å²) in [5.74, 6) is -1.54. The zero-order valence-corrected chi connectivity index (χ0v) is 8.73. The first-order valence-corrected chi connectivity index (χ1v) is 5.04. The van der Waals surface area contributed by atoms with Crippen LogP contribution < -0.4 is 16.4 Å². The molecular weight excluding hydrogens is 214 g/mol. The summed E-state index contributed by atoms with van der Waals surface area (Å²) in [6.45, 7) is 0.536. The maximum absolute atomic E-state index is 11.2. The van der Waals surface area contributed by atoms with Crippen LogP contribution in [0, 0.1) is 5.92 Å². The second-order valence-corrected chi connectivity index (χ2v) is 3.86. The monoisotopic (exact) mass is 229 g/mol. The van der Waals surface area contributed by atoms with Gasteiger partial charge in [-0.1, -0.05) is 0 Å². The summed E-state index contributed by atoms with van der Waals surface area (Å²) in [6.07, 6.45) is 1.76. The number of carboxylic acids is 1. The van der Waals surface area contributed by atoms with Crippen molar-refractivity contribution in [1.29, 1.82) is 0 Å². The van der Waals surface area contributed by atoms with Gasteiger partial charge in [-0.05, 0) is 18.8 Å². The number of carbonyl (C=O) groups excluding carboxylic acids is 2. The van der Waals surface area contributed by atoms with E-state index >= 15 is 0 Å². The summed E-state index contributed by atoms with van der Waals surface area (Å²) in [6, 6.07) is -1.85. The molecule has 5 N–H and O–H groups in total. The van der Waals surface area contributed by atoms with Crippen LogP contribution in [0.15, 0.2) is 0 Å². The Labute approximate surface area is 92.4 Å². The minimum Gasteiger partial charge on any atom is -0.480 e. The van der Waals surface area contributed by atoms with E-state index in [1.54, 1.807) is 0 Å². The van der Waals surface area contributed by atoms with Crippen molar-refractivity contribution < 1.29 is 19.5 Å². The Morgan fingerprint density at radius 2 is 2.00 bits per heavy atom. The van der Waals surface area contributed by atoms with Gasteiger partial charge in [0.1, 0.15) is 6.04 Å². The molecule has 3 amide bonds. The lowest BCUT2D eigenvalue weighted by atomic mass is 10.2. The Hall–Kier alpha value is -1.79. The molecule has 0 aromatic rings. The Morgan fingerprint density at radius 3 is 2.44 bits per heavy atom. The SMILES string of the molecule is NC(=O)C[C@H](NC(=O)NCC1CC1)C(=O)O. The number of primary amides is 1. The van der Waals surface area contributed by atoms with Gasteiger partial charge < -0.3 is 21.5 Å². The van der Waals surface area contributed by atoms with Crippen LogP contribution in [0.2, 0.25) is 0 Å². The molecule has 0 aromatic heterocycles. The maximum atomic E-state index is 11.2. The molecule has 0 aromatic carbocycles. The van der Waals surface area contributed by atoms with Gasteiger partial charge >= 0.3 is 12.0 Å². The molecule has 0 radical (unpaired) electrons. The number of urea groups is 1. The van der Waals surface area contributed by atoms with Crippen molar-refractivity contribution in [3.63, 3.8) is 0 Å². The average Bonchev–Trinajstić information content (AvgIpc) is 2.96. The van der Waals surface area contributed by atoms with E-state index < -0.39 is 30.4 Å². The molecule has 1 fully saturated rings. The number of nitrogens with one attached hydrogen (secondary N) is 2. The first kappa shape index (κ1) is 12.3. The normalized spacial score (nSPS) is 16.2. The van der Waals surface area contributed by atoms with Gasteiger partial charge in [0.2, 0.25) is 5.91 Å². The van der Waals surface area contributed by atoms with E-state index in [9.17, 15) is 14.4 Å². The first-order valence-electron chi connectivity index (χ1n) is 5.04. The highest BCUT2D eigenvalue weighted by Crippen LogP contribution is 2.27. The van der Waals surface area contributed by atoms with Gasteiger partial charge in [-0.15, -0.1) is 0 Å². The second kappa shape index (κ2) is 5.34. The lowest BCUT2D eigenvalue weighted by Gasteiger charge is -2.13. The quantitative estimate of drug-likeness (QED) is 0.467. The van der Waals surface area contributed by atoms with Gasteiger partial charge in [-0.2, -0.15) is 0 Å². The summed E-state index contributed by atoms with van der Waals surface area (Å²) in [5, 5.41) is 13.4. The predicted molar refractivity (Wildman–Crippen MR) is 54.5 cm³/mol. The van der Waals surface area contributed by atoms with Crippen LogP contribution in [0.1, 0.15) is 19.3 Å². The second-order valence-electron chi connectivity index (χ2n) is 3.86. The smallest absolute Gasteiger partial charge is 0.326 e. The topological polar surface area (TPSA) is 122 Å². The molecule has 7 heteroatoms. The Morgan fingerprint density at radius 1 is 1.38 bits per heavy atom. The molecule has 1 aliphatic rings. The van der Waals surface area contributed by atoms with E-state index in [4.69, 9.17) is 10.8 Å². The van der Waals surface area contributed by atoms with Crippen molar-refractivity contribution in [2.24, 2.45) is 11.7 Å². The van der Waals surface area contributed by atoms with E-state index in [1.165, 1.54) is 0 Å². The Bertz CT molecular complexity index is 301. The molecule has 1 aliphatic carbocycles. The molecule has 0 bridgehead atoms. The Balaban J connectivity index is 2.30. The van der Waals surface area contributed by atoms with Crippen LogP contribution in [0.5, 0.6) is 0 Å². The summed E-state index contributed by atoms with van der Waals surface area (Å²) in [7, 11) is 0. The van der Waals surface area contributed by atoms with E-state index in [1.807, 2.05) is 0 Å². The third kappa shape index (κ3) is 4.63. The lowest BCUT2D eigenvalue weighted by Crippen LogP contribution is -2.48. The number of hydrogen-bond donors (Lipinski definition) is 4. The van der Waals surface area contributed by atoms with Gasteiger partial charge in [0.25, 0.3) is 0 Å². The molecule has 1 rings (SSSR count). The number of carbonyl (C=O) groups is 3. The number of nitrogens with two attached hydrogens (primary N) is 1. The average molecular weight is 229 g/mol. The van der Waals surface area contributed by atoms with Crippen LogP contribution in [0.4, 0.5) is 4.79 Å². The van der Waals surface area contributed by atoms with E-state index in [2.05, 4.69) is 10.6 Å². The van der Waals surface area contributed by atoms with Crippen LogP contribution in [-0.2, 0) is 9.59 Å². The molecule has 90 valence electrons. The number of rotatable bonds is 6. The molecule has 1 saturated carbocycles. The summed E-state index contributed by atoms with van der Waals surface area (Å²) >= 11 is 0. The number of amides is 3. The largest absolute Gasteiger partial charge is 0.480 e. The highest BCUT2D eigenvalue weighted by atomic mass is 16.4. The van der Waals surface area contributed by atoms with Crippen molar-refractivity contribution in [1.82, 2.24) is 10.6 Å². The fourth-order valence-corrected chi connectivity index (χ4v) is 1.17. The van der Waals surface area contributed by atoms with E-state index in [0.29, 0.717) is 12.5 Å². The molecule has 0 unspecified atom stereocenters. The Kier molecular flexibility index (Phi) is 4.10. The fraction of sp³-hybridized carbons (Fsp3) is 0.667. The van der Waals surface area contributed by atoms with Crippen molar-refractivity contribution in [2.45, 2.75) is 25.3 Å². The highest BCUT2D eigenvalue weighted by molar-refractivity contribution is 5.87. The van der Waals surface area contributed by atoms with Gasteiger partial charge in [-0.25, -0.2) is 9.59 Å².